The van der Waals surface area contributed by atoms with Gasteiger partial charge in [-0.1, -0.05) is 48.0 Å². The molecule has 0 bridgehead atoms. The maximum absolute atomic E-state index is 12.7. The molecule has 1 N–H and O–H groups in total. The number of para-hydroxylation sites is 1. The summed E-state index contributed by atoms with van der Waals surface area (Å²) in [6.07, 6.45) is 2.65. The molecule has 0 spiro atoms. The lowest BCUT2D eigenvalue weighted by molar-refractivity contribution is -0.115. The minimum atomic E-state index is -0.0561. The highest BCUT2D eigenvalue weighted by atomic mass is 35.5. The van der Waals surface area contributed by atoms with Crippen molar-refractivity contribution in [1.29, 1.82) is 0 Å². The topological polar surface area (TPSA) is 50.2 Å². The Hall–Kier alpha value is -2.79. The van der Waals surface area contributed by atoms with Gasteiger partial charge in [0.25, 0.3) is 0 Å². The SMILES string of the molecule is CC1Cc2ccccc2N1CC(=O)Nc1ccnn1Cc1ccccc1Cl. The second kappa shape index (κ2) is 7.45. The van der Waals surface area contributed by atoms with Gasteiger partial charge in [-0.25, -0.2) is 4.68 Å². The average Bonchev–Trinajstić information content (AvgIpc) is 3.21. The summed E-state index contributed by atoms with van der Waals surface area (Å²) < 4.78 is 1.75. The molecule has 1 amide bonds. The molecular formula is C21H21ClN4O. The Balaban J connectivity index is 1.45. The number of fused-ring (bicyclic) bond motifs is 1. The molecule has 2 aromatic carbocycles. The number of aromatic nitrogens is 2. The van der Waals surface area contributed by atoms with Crippen molar-refractivity contribution in [3.63, 3.8) is 0 Å². The van der Waals surface area contributed by atoms with Crippen LogP contribution in [0.3, 0.4) is 0 Å². The number of carbonyl (C=O) groups excluding carboxylic acids is 1. The van der Waals surface area contributed by atoms with Gasteiger partial charge in [0.1, 0.15) is 5.82 Å². The molecule has 6 heteroatoms. The van der Waals surface area contributed by atoms with Gasteiger partial charge >= 0.3 is 0 Å². The van der Waals surface area contributed by atoms with Crippen LogP contribution in [0.1, 0.15) is 18.1 Å². The first-order valence-electron chi connectivity index (χ1n) is 9.01. The maximum Gasteiger partial charge on any atom is 0.245 e. The molecule has 0 saturated heterocycles. The summed E-state index contributed by atoms with van der Waals surface area (Å²) in [6.45, 7) is 2.97. The van der Waals surface area contributed by atoms with Crippen LogP contribution in [0.15, 0.2) is 60.8 Å². The fraction of sp³-hybridized carbons (Fsp3) is 0.238. The molecule has 27 heavy (non-hydrogen) atoms. The smallest absolute Gasteiger partial charge is 0.245 e. The van der Waals surface area contributed by atoms with E-state index in [1.54, 1.807) is 16.9 Å². The first-order valence-corrected chi connectivity index (χ1v) is 9.39. The highest BCUT2D eigenvalue weighted by molar-refractivity contribution is 6.31. The molecule has 0 aliphatic carbocycles. The third-order valence-electron chi connectivity index (χ3n) is 4.92. The van der Waals surface area contributed by atoms with Crippen molar-refractivity contribution >= 4 is 29.0 Å². The van der Waals surface area contributed by atoms with Crippen LogP contribution in [-0.2, 0) is 17.8 Å². The number of carbonyl (C=O) groups is 1. The fourth-order valence-corrected chi connectivity index (χ4v) is 3.76. The van der Waals surface area contributed by atoms with Crippen molar-refractivity contribution < 1.29 is 4.79 Å². The van der Waals surface area contributed by atoms with E-state index in [1.165, 1.54) is 5.56 Å². The predicted octanol–water partition coefficient (Wildman–Crippen LogP) is 3.97. The number of hydrogen-bond acceptors (Lipinski definition) is 3. The predicted molar refractivity (Wildman–Crippen MR) is 108 cm³/mol. The van der Waals surface area contributed by atoms with Crippen molar-refractivity contribution in [3.05, 3.63) is 76.9 Å². The number of benzene rings is 2. The van der Waals surface area contributed by atoms with Crippen LogP contribution in [0.25, 0.3) is 0 Å². The van der Waals surface area contributed by atoms with E-state index in [9.17, 15) is 4.79 Å². The largest absolute Gasteiger partial charge is 0.359 e. The zero-order chi connectivity index (χ0) is 18.8. The average molecular weight is 381 g/mol. The van der Waals surface area contributed by atoms with Crippen LogP contribution in [0, 0.1) is 0 Å². The van der Waals surface area contributed by atoms with E-state index in [4.69, 9.17) is 11.6 Å². The normalized spacial score (nSPS) is 15.6. The van der Waals surface area contributed by atoms with Crippen LogP contribution in [0.4, 0.5) is 11.5 Å². The van der Waals surface area contributed by atoms with E-state index < -0.39 is 0 Å². The minimum absolute atomic E-state index is 0.0561. The Morgan fingerprint density at radius 3 is 2.81 bits per heavy atom. The molecular weight excluding hydrogens is 360 g/mol. The summed E-state index contributed by atoms with van der Waals surface area (Å²) in [5.74, 6) is 0.611. The second-order valence-corrected chi connectivity index (χ2v) is 7.23. The van der Waals surface area contributed by atoms with Gasteiger partial charge in [0, 0.05) is 22.8 Å². The number of amides is 1. The maximum atomic E-state index is 12.7. The Kier molecular flexibility index (Phi) is 4.86. The molecule has 1 unspecified atom stereocenters. The molecule has 0 radical (unpaired) electrons. The standard InChI is InChI=1S/C21H21ClN4O/c1-15-12-16-6-3-5-9-19(16)25(15)14-21(27)24-20-10-11-23-26(20)13-17-7-2-4-8-18(17)22/h2-11,15H,12-14H2,1H3,(H,24,27). The van der Waals surface area contributed by atoms with Crippen molar-refractivity contribution in [2.24, 2.45) is 0 Å². The van der Waals surface area contributed by atoms with Crippen LogP contribution < -0.4 is 10.2 Å². The molecule has 1 aliphatic rings. The zero-order valence-corrected chi connectivity index (χ0v) is 15.9. The monoisotopic (exact) mass is 380 g/mol. The Morgan fingerprint density at radius 2 is 1.96 bits per heavy atom. The Bertz CT molecular complexity index is 968. The molecule has 0 saturated carbocycles. The van der Waals surface area contributed by atoms with E-state index in [-0.39, 0.29) is 5.91 Å². The fourth-order valence-electron chi connectivity index (χ4n) is 3.56. The van der Waals surface area contributed by atoms with Crippen LogP contribution in [0.5, 0.6) is 0 Å². The van der Waals surface area contributed by atoms with Gasteiger partial charge in [0.05, 0.1) is 19.3 Å². The van der Waals surface area contributed by atoms with E-state index in [2.05, 4.69) is 34.4 Å². The number of rotatable bonds is 5. The van der Waals surface area contributed by atoms with Gasteiger partial charge in [-0.15, -0.1) is 0 Å². The lowest BCUT2D eigenvalue weighted by Crippen LogP contribution is -2.37. The van der Waals surface area contributed by atoms with Gasteiger partial charge in [0.2, 0.25) is 5.91 Å². The van der Waals surface area contributed by atoms with Crippen LogP contribution >= 0.6 is 11.6 Å². The van der Waals surface area contributed by atoms with Gasteiger partial charge < -0.3 is 10.2 Å². The third kappa shape index (κ3) is 3.69. The molecule has 4 rings (SSSR count). The van der Waals surface area contributed by atoms with Crippen molar-refractivity contribution in [1.82, 2.24) is 9.78 Å². The molecule has 5 nitrogen and oxygen atoms in total. The lowest BCUT2D eigenvalue weighted by Gasteiger charge is -2.24. The van der Waals surface area contributed by atoms with E-state index in [1.807, 2.05) is 36.4 Å². The quantitative estimate of drug-likeness (QED) is 0.728. The zero-order valence-electron chi connectivity index (χ0n) is 15.1. The first kappa shape index (κ1) is 17.6. The molecule has 1 aromatic heterocycles. The molecule has 1 atom stereocenters. The number of nitrogens with zero attached hydrogens (tertiary/aromatic N) is 3. The molecule has 0 fully saturated rings. The molecule has 3 aromatic rings. The van der Waals surface area contributed by atoms with Crippen molar-refractivity contribution in [2.75, 3.05) is 16.8 Å². The summed E-state index contributed by atoms with van der Waals surface area (Å²) in [4.78, 5) is 14.8. The third-order valence-corrected chi connectivity index (χ3v) is 5.29. The number of hydrogen-bond donors (Lipinski definition) is 1. The second-order valence-electron chi connectivity index (χ2n) is 6.82. The highest BCUT2D eigenvalue weighted by Crippen LogP contribution is 2.31. The molecule has 138 valence electrons. The Morgan fingerprint density at radius 1 is 1.19 bits per heavy atom. The molecule has 1 aliphatic heterocycles. The number of anilines is 2. The van der Waals surface area contributed by atoms with Crippen molar-refractivity contribution in [2.45, 2.75) is 25.9 Å². The van der Waals surface area contributed by atoms with Gasteiger partial charge in [-0.2, -0.15) is 5.10 Å². The van der Waals surface area contributed by atoms with Crippen LogP contribution in [-0.4, -0.2) is 28.3 Å². The van der Waals surface area contributed by atoms with Gasteiger partial charge in [-0.3, -0.25) is 4.79 Å². The minimum Gasteiger partial charge on any atom is -0.359 e. The Labute approximate surface area is 163 Å². The summed E-state index contributed by atoms with van der Waals surface area (Å²) in [6, 6.07) is 18.0. The van der Waals surface area contributed by atoms with E-state index >= 15 is 0 Å². The first-order chi connectivity index (χ1) is 13.1. The number of halogens is 1. The molecule has 2 heterocycles. The van der Waals surface area contributed by atoms with Crippen molar-refractivity contribution in [3.8, 4) is 0 Å². The summed E-state index contributed by atoms with van der Waals surface area (Å²) in [5.41, 5.74) is 3.40. The van der Waals surface area contributed by atoms with E-state index in [0.717, 1.165) is 17.7 Å². The summed E-state index contributed by atoms with van der Waals surface area (Å²) >= 11 is 6.24. The number of nitrogens with one attached hydrogen (secondary N) is 1. The summed E-state index contributed by atoms with van der Waals surface area (Å²) in [5, 5.41) is 7.99. The summed E-state index contributed by atoms with van der Waals surface area (Å²) in [7, 11) is 0. The lowest BCUT2D eigenvalue weighted by atomic mass is 10.1. The van der Waals surface area contributed by atoms with Gasteiger partial charge in [0.15, 0.2) is 0 Å². The van der Waals surface area contributed by atoms with E-state index in [0.29, 0.717) is 30.0 Å². The van der Waals surface area contributed by atoms with Crippen LogP contribution in [0.2, 0.25) is 5.02 Å². The highest BCUT2D eigenvalue weighted by Gasteiger charge is 2.27. The van der Waals surface area contributed by atoms with Gasteiger partial charge in [-0.05, 0) is 36.6 Å².